The van der Waals surface area contributed by atoms with E-state index >= 15 is 0 Å². The lowest BCUT2D eigenvalue weighted by Crippen LogP contribution is -2.13. The first-order valence-corrected chi connectivity index (χ1v) is 3.77. The summed E-state index contributed by atoms with van der Waals surface area (Å²) in [4.78, 5) is 30.9. The van der Waals surface area contributed by atoms with Gasteiger partial charge in [-0.3, -0.25) is 10.1 Å². The second-order valence-electron chi connectivity index (χ2n) is 2.51. The number of nitro groups is 3. The molecular weight excluding hydrogens is 228 g/mol. The fraction of sp³-hybridized carbons (Fsp3) is 0.500. The monoisotopic (exact) mass is 232 g/mol. The van der Waals surface area contributed by atoms with Gasteiger partial charge in [-0.1, -0.05) is 4.68 Å². The average molecular weight is 232 g/mol. The van der Waals surface area contributed by atoms with Gasteiger partial charge in [0.1, 0.15) is 0 Å². The molecule has 1 aromatic rings. The smallest absolute Gasteiger partial charge is 0.390 e. The predicted octanol–water partition coefficient (Wildman–Crippen LogP) is -0.629. The molecule has 12 heteroatoms. The molecule has 16 heavy (non-hydrogen) atoms. The summed E-state index contributed by atoms with van der Waals surface area (Å²) in [5.74, 6) is -1.86. The maximum absolute atomic E-state index is 10.4. The van der Waals surface area contributed by atoms with Crippen LogP contribution in [0.1, 0.15) is 0 Å². The van der Waals surface area contributed by atoms with Crippen molar-refractivity contribution < 1.29 is 14.8 Å². The summed E-state index contributed by atoms with van der Waals surface area (Å²) in [6, 6.07) is 0. The second kappa shape index (κ2) is 4.24. The van der Waals surface area contributed by atoms with Crippen LogP contribution in [0.3, 0.4) is 0 Å². The quantitative estimate of drug-likeness (QED) is 0.478. The Balaban J connectivity index is 3.00. The van der Waals surface area contributed by atoms with Gasteiger partial charge in [-0.2, -0.15) is 0 Å². The van der Waals surface area contributed by atoms with Gasteiger partial charge in [0, 0.05) is 9.91 Å². The van der Waals surface area contributed by atoms with Gasteiger partial charge >= 0.3 is 11.9 Å². The first kappa shape index (κ1) is 11.4. The minimum atomic E-state index is -1.02. The maximum atomic E-state index is 10.4. The molecule has 0 amide bonds. The molecule has 0 aliphatic heterocycles. The summed E-state index contributed by atoms with van der Waals surface area (Å²) in [6.45, 7) is -1.09. The molecule has 0 aliphatic carbocycles. The van der Waals surface area contributed by atoms with Gasteiger partial charge in [-0.05, 0) is 9.85 Å². The van der Waals surface area contributed by atoms with Crippen molar-refractivity contribution in [2.75, 3.05) is 6.54 Å². The number of nitrogens with zero attached hydrogens (tertiary/aromatic N) is 6. The number of rotatable bonds is 5. The Morgan fingerprint density at radius 2 is 1.75 bits per heavy atom. The van der Waals surface area contributed by atoms with Crippen LogP contribution in [-0.2, 0) is 6.54 Å². The van der Waals surface area contributed by atoms with E-state index in [9.17, 15) is 30.3 Å². The molecule has 86 valence electrons. The van der Waals surface area contributed by atoms with E-state index in [0.717, 1.165) is 0 Å². The molecule has 12 nitrogen and oxygen atoms in total. The van der Waals surface area contributed by atoms with Crippen molar-refractivity contribution >= 4 is 11.9 Å². The van der Waals surface area contributed by atoms with E-state index in [1.807, 2.05) is 0 Å². The zero-order valence-corrected chi connectivity index (χ0v) is 7.55. The first-order valence-electron chi connectivity index (χ1n) is 3.77. The second-order valence-corrected chi connectivity index (χ2v) is 2.51. The summed E-state index contributed by atoms with van der Waals surface area (Å²) >= 11 is 0. The first-order chi connectivity index (χ1) is 7.41. The summed E-state index contributed by atoms with van der Waals surface area (Å²) in [5.41, 5.74) is 0. The molecule has 1 rings (SSSR count). The Labute approximate surface area is 85.9 Å². The van der Waals surface area contributed by atoms with Gasteiger partial charge in [0.15, 0.2) is 6.54 Å². The Morgan fingerprint density at radius 1 is 1.12 bits per heavy atom. The van der Waals surface area contributed by atoms with Gasteiger partial charge in [0.2, 0.25) is 6.54 Å². The zero-order valence-electron chi connectivity index (χ0n) is 7.55. The van der Waals surface area contributed by atoms with Crippen molar-refractivity contribution in [3.05, 3.63) is 30.3 Å². The molecule has 0 saturated carbocycles. The number of hydrogen-bond acceptors (Lipinski definition) is 8. The van der Waals surface area contributed by atoms with Gasteiger partial charge in [-0.15, -0.1) is 0 Å². The van der Waals surface area contributed by atoms with Crippen molar-refractivity contribution in [1.82, 2.24) is 14.8 Å². The SMILES string of the molecule is O=[N+]([O-])CCn1nc([N+](=O)[O-])nc1[N+](=O)[O-]. The summed E-state index contributed by atoms with van der Waals surface area (Å²) in [6.07, 6.45) is 0. The Hall–Kier alpha value is -2.66. The molecule has 0 aromatic carbocycles. The highest BCUT2D eigenvalue weighted by Crippen LogP contribution is 2.12. The standard InChI is InChI=1S/C4H4N6O6/c11-8(12)2-1-7-4(10(15)16)5-3(6-7)9(13)14/h1-2H2. The molecule has 0 fully saturated rings. The van der Waals surface area contributed by atoms with Crippen LogP contribution in [0.4, 0.5) is 11.9 Å². The fourth-order valence-corrected chi connectivity index (χ4v) is 0.861. The molecule has 1 aromatic heterocycles. The Bertz CT molecular complexity index is 452. The molecule has 0 bridgehead atoms. The maximum Gasteiger partial charge on any atom is 0.508 e. The van der Waals surface area contributed by atoms with Crippen molar-refractivity contribution in [3.63, 3.8) is 0 Å². The van der Waals surface area contributed by atoms with Crippen LogP contribution >= 0.6 is 0 Å². The van der Waals surface area contributed by atoms with Crippen LogP contribution in [0.25, 0.3) is 0 Å². The van der Waals surface area contributed by atoms with E-state index in [1.54, 1.807) is 0 Å². The van der Waals surface area contributed by atoms with E-state index in [2.05, 4.69) is 10.1 Å². The Kier molecular flexibility index (Phi) is 3.03. The van der Waals surface area contributed by atoms with Gasteiger partial charge in [0.05, 0.1) is 5.10 Å². The molecule has 1 heterocycles. The van der Waals surface area contributed by atoms with Crippen LogP contribution in [0, 0.1) is 30.3 Å². The molecule has 0 atom stereocenters. The van der Waals surface area contributed by atoms with Crippen molar-refractivity contribution in [2.45, 2.75) is 6.54 Å². The lowest BCUT2D eigenvalue weighted by atomic mass is 10.6. The molecule has 0 spiro atoms. The van der Waals surface area contributed by atoms with E-state index in [4.69, 9.17) is 0 Å². The van der Waals surface area contributed by atoms with Crippen molar-refractivity contribution in [1.29, 1.82) is 0 Å². The zero-order chi connectivity index (χ0) is 12.3. The highest BCUT2D eigenvalue weighted by atomic mass is 16.6. The molecule has 0 radical (unpaired) electrons. The van der Waals surface area contributed by atoms with Crippen LogP contribution < -0.4 is 0 Å². The van der Waals surface area contributed by atoms with Crippen LogP contribution in [0.15, 0.2) is 0 Å². The van der Waals surface area contributed by atoms with E-state index in [0.29, 0.717) is 4.68 Å². The van der Waals surface area contributed by atoms with Gasteiger partial charge < -0.3 is 20.2 Å². The Morgan fingerprint density at radius 3 is 2.19 bits per heavy atom. The highest BCUT2D eigenvalue weighted by molar-refractivity contribution is 5.13. The van der Waals surface area contributed by atoms with Crippen LogP contribution in [0.5, 0.6) is 0 Å². The van der Waals surface area contributed by atoms with E-state index in [1.165, 1.54) is 0 Å². The topological polar surface area (TPSA) is 160 Å². The normalized spacial score (nSPS) is 10.0. The molecule has 0 aliphatic rings. The predicted molar refractivity (Wildman–Crippen MR) is 45.2 cm³/mol. The minimum absolute atomic E-state index is 0.454. The van der Waals surface area contributed by atoms with Gasteiger partial charge in [0.25, 0.3) is 0 Å². The number of hydrogen-bond donors (Lipinski definition) is 0. The van der Waals surface area contributed by atoms with Crippen LogP contribution in [0.2, 0.25) is 0 Å². The van der Waals surface area contributed by atoms with Crippen molar-refractivity contribution in [3.8, 4) is 0 Å². The highest BCUT2D eigenvalue weighted by Gasteiger charge is 2.29. The van der Waals surface area contributed by atoms with Crippen molar-refractivity contribution in [2.24, 2.45) is 0 Å². The lowest BCUT2D eigenvalue weighted by molar-refractivity contribution is -0.482. The summed E-state index contributed by atoms with van der Waals surface area (Å²) in [5, 5.41) is 33.8. The minimum Gasteiger partial charge on any atom is -0.390 e. The lowest BCUT2D eigenvalue weighted by Gasteiger charge is -1.92. The molecular formula is C4H4N6O6. The summed E-state index contributed by atoms with van der Waals surface area (Å²) in [7, 11) is 0. The van der Waals surface area contributed by atoms with E-state index < -0.39 is 39.8 Å². The summed E-state index contributed by atoms with van der Waals surface area (Å²) < 4.78 is 0.515. The van der Waals surface area contributed by atoms with E-state index in [-0.39, 0.29) is 0 Å². The third kappa shape index (κ3) is 2.43. The largest absolute Gasteiger partial charge is 0.508 e. The van der Waals surface area contributed by atoms with Crippen LogP contribution in [-0.4, -0.2) is 36.1 Å². The molecule has 0 saturated heterocycles. The van der Waals surface area contributed by atoms with Gasteiger partial charge in [-0.25, -0.2) is 0 Å². The number of aromatic nitrogens is 3. The average Bonchev–Trinajstić information content (AvgIpc) is 2.58. The molecule has 0 unspecified atom stereocenters. The fourth-order valence-electron chi connectivity index (χ4n) is 0.861. The molecule has 0 N–H and O–H groups in total. The third-order valence-electron chi connectivity index (χ3n) is 1.46. The third-order valence-corrected chi connectivity index (χ3v) is 1.46.